The van der Waals surface area contributed by atoms with Crippen LogP contribution in [0.25, 0.3) is 0 Å². The fraction of sp³-hybridized carbons (Fsp3) is 0.286. The van der Waals surface area contributed by atoms with Crippen molar-refractivity contribution in [3.05, 3.63) is 57.6 Å². The second-order valence-corrected chi connectivity index (χ2v) is 5.33. The number of halogens is 1. The molecule has 0 unspecified atom stereocenters. The molecule has 2 rings (SSSR count). The van der Waals surface area contributed by atoms with E-state index in [1.807, 2.05) is 32.2 Å². The number of benzene rings is 1. The van der Waals surface area contributed by atoms with Crippen molar-refractivity contribution >= 4 is 15.9 Å². The number of hydrogen-bond acceptors (Lipinski definition) is 3. The third-order valence-corrected chi connectivity index (χ3v) is 3.36. The first-order valence-electron chi connectivity index (χ1n) is 5.88. The predicted octanol–water partition coefficient (Wildman–Crippen LogP) is 3.16. The van der Waals surface area contributed by atoms with Gasteiger partial charge >= 0.3 is 0 Å². The Bertz CT molecular complexity index is 535. The zero-order valence-electron chi connectivity index (χ0n) is 10.5. The van der Waals surface area contributed by atoms with Crippen molar-refractivity contribution in [3.63, 3.8) is 0 Å². The predicted molar refractivity (Wildman–Crippen MR) is 76.3 cm³/mol. The van der Waals surface area contributed by atoms with Crippen LogP contribution in [-0.2, 0) is 6.42 Å². The van der Waals surface area contributed by atoms with Gasteiger partial charge in [0, 0.05) is 34.4 Å². The van der Waals surface area contributed by atoms with Crippen LogP contribution >= 0.6 is 15.9 Å². The van der Waals surface area contributed by atoms with Gasteiger partial charge in [-0.1, -0.05) is 28.1 Å². The minimum absolute atomic E-state index is 0.0215. The fourth-order valence-electron chi connectivity index (χ4n) is 1.84. The van der Waals surface area contributed by atoms with Gasteiger partial charge in [0.1, 0.15) is 5.82 Å². The molecule has 18 heavy (non-hydrogen) atoms. The lowest BCUT2D eigenvalue weighted by Gasteiger charge is -2.09. The standard InChI is InChI=1S/C14H16BrN3/c1-9(16)13-8-17-14(18-10(13)2)7-11-3-5-12(15)6-4-11/h3-6,8-9H,7,16H2,1-2H3/t9-/m0/s1. The van der Waals surface area contributed by atoms with Gasteiger partial charge in [-0.3, -0.25) is 0 Å². The molecule has 0 aliphatic heterocycles. The van der Waals surface area contributed by atoms with Crippen LogP contribution in [0.3, 0.4) is 0 Å². The fourth-order valence-corrected chi connectivity index (χ4v) is 2.11. The van der Waals surface area contributed by atoms with E-state index in [0.717, 1.165) is 28.0 Å². The zero-order chi connectivity index (χ0) is 13.1. The normalized spacial score (nSPS) is 12.4. The van der Waals surface area contributed by atoms with E-state index in [-0.39, 0.29) is 6.04 Å². The summed E-state index contributed by atoms with van der Waals surface area (Å²) in [7, 11) is 0. The van der Waals surface area contributed by atoms with Crippen molar-refractivity contribution < 1.29 is 0 Å². The van der Waals surface area contributed by atoms with E-state index < -0.39 is 0 Å². The van der Waals surface area contributed by atoms with Gasteiger partial charge in [-0.2, -0.15) is 0 Å². The third-order valence-electron chi connectivity index (χ3n) is 2.83. The molecule has 0 aliphatic carbocycles. The molecule has 3 nitrogen and oxygen atoms in total. The molecule has 0 bridgehead atoms. The Morgan fingerprint density at radius 3 is 2.50 bits per heavy atom. The van der Waals surface area contributed by atoms with Gasteiger partial charge < -0.3 is 5.73 Å². The summed E-state index contributed by atoms with van der Waals surface area (Å²) in [5.41, 5.74) is 9.02. The Morgan fingerprint density at radius 2 is 1.94 bits per heavy atom. The van der Waals surface area contributed by atoms with Crippen LogP contribution in [0.2, 0.25) is 0 Å². The lowest BCUT2D eigenvalue weighted by Crippen LogP contribution is -2.10. The van der Waals surface area contributed by atoms with Gasteiger partial charge in [0.05, 0.1) is 0 Å². The number of aromatic nitrogens is 2. The molecule has 0 fully saturated rings. The SMILES string of the molecule is Cc1nc(Cc2ccc(Br)cc2)ncc1[C@H](C)N. The Labute approximate surface area is 116 Å². The molecule has 0 spiro atoms. The van der Waals surface area contributed by atoms with Crippen molar-refractivity contribution in [2.45, 2.75) is 26.3 Å². The summed E-state index contributed by atoms with van der Waals surface area (Å²) in [4.78, 5) is 8.88. The number of nitrogens with zero attached hydrogens (tertiary/aromatic N) is 2. The van der Waals surface area contributed by atoms with Crippen LogP contribution in [0, 0.1) is 6.92 Å². The summed E-state index contributed by atoms with van der Waals surface area (Å²) in [5, 5.41) is 0. The first kappa shape index (κ1) is 13.2. The largest absolute Gasteiger partial charge is 0.324 e. The Hall–Kier alpha value is -1.26. The molecule has 1 heterocycles. The van der Waals surface area contributed by atoms with Gasteiger partial charge in [-0.15, -0.1) is 0 Å². The van der Waals surface area contributed by atoms with E-state index in [9.17, 15) is 0 Å². The molecule has 4 heteroatoms. The van der Waals surface area contributed by atoms with E-state index in [4.69, 9.17) is 5.73 Å². The number of aryl methyl sites for hydroxylation is 1. The monoisotopic (exact) mass is 305 g/mol. The van der Waals surface area contributed by atoms with Crippen LogP contribution in [0.15, 0.2) is 34.9 Å². The highest BCUT2D eigenvalue weighted by molar-refractivity contribution is 9.10. The number of nitrogens with two attached hydrogens (primary N) is 1. The molecule has 2 N–H and O–H groups in total. The average molecular weight is 306 g/mol. The number of rotatable bonds is 3. The molecule has 0 radical (unpaired) electrons. The number of hydrogen-bond donors (Lipinski definition) is 1. The Morgan fingerprint density at radius 1 is 1.28 bits per heavy atom. The van der Waals surface area contributed by atoms with E-state index in [1.54, 1.807) is 0 Å². The van der Waals surface area contributed by atoms with Gasteiger partial charge in [-0.25, -0.2) is 9.97 Å². The molecule has 0 saturated heterocycles. The highest BCUT2D eigenvalue weighted by atomic mass is 79.9. The van der Waals surface area contributed by atoms with Crippen molar-refractivity contribution in [3.8, 4) is 0 Å². The molecule has 0 saturated carbocycles. The molecule has 0 amide bonds. The maximum Gasteiger partial charge on any atom is 0.132 e. The first-order chi connectivity index (χ1) is 8.56. The van der Waals surface area contributed by atoms with Crippen LogP contribution in [0.1, 0.15) is 35.6 Å². The van der Waals surface area contributed by atoms with Crippen LogP contribution < -0.4 is 5.73 Å². The molecular weight excluding hydrogens is 290 g/mol. The molecule has 1 atom stereocenters. The molecule has 2 aromatic rings. The maximum atomic E-state index is 5.85. The summed E-state index contributed by atoms with van der Waals surface area (Å²) in [5.74, 6) is 0.833. The second kappa shape index (κ2) is 5.59. The Balaban J connectivity index is 2.20. The molecule has 1 aromatic heterocycles. The van der Waals surface area contributed by atoms with Crippen molar-refractivity contribution in [1.82, 2.24) is 9.97 Å². The van der Waals surface area contributed by atoms with Crippen molar-refractivity contribution in [1.29, 1.82) is 0 Å². The van der Waals surface area contributed by atoms with Crippen molar-refractivity contribution in [2.75, 3.05) is 0 Å². The minimum atomic E-state index is -0.0215. The van der Waals surface area contributed by atoms with Crippen molar-refractivity contribution in [2.24, 2.45) is 5.73 Å². The topological polar surface area (TPSA) is 51.8 Å². The highest BCUT2D eigenvalue weighted by Gasteiger charge is 2.07. The third kappa shape index (κ3) is 3.15. The first-order valence-corrected chi connectivity index (χ1v) is 6.68. The summed E-state index contributed by atoms with van der Waals surface area (Å²) in [6, 6.07) is 8.17. The summed E-state index contributed by atoms with van der Waals surface area (Å²) in [6.07, 6.45) is 2.58. The molecular formula is C14H16BrN3. The lowest BCUT2D eigenvalue weighted by atomic mass is 10.1. The quantitative estimate of drug-likeness (QED) is 0.947. The average Bonchev–Trinajstić information content (AvgIpc) is 2.32. The van der Waals surface area contributed by atoms with Crippen LogP contribution in [-0.4, -0.2) is 9.97 Å². The molecule has 1 aromatic carbocycles. The van der Waals surface area contributed by atoms with Gasteiger partial charge in [0.25, 0.3) is 0 Å². The highest BCUT2D eigenvalue weighted by Crippen LogP contribution is 2.15. The van der Waals surface area contributed by atoms with Gasteiger partial charge in [-0.05, 0) is 31.5 Å². The smallest absolute Gasteiger partial charge is 0.132 e. The van der Waals surface area contributed by atoms with E-state index >= 15 is 0 Å². The molecule has 0 aliphatic rings. The van der Waals surface area contributed by atoms with Gasteiger partial charge in [0.15, 0.2) is 0 Å². The second-order valence-electron chi connectivity index (χ2n) is 4.42. The van der Waals surface area contributed by atoms with Crippen LogP contribution in [0.4, 0.5) is 0 Å². The van der Waals surface area contributed by atoms with Crippen LogP contribution in [0.5, 0.6) is 0 Å². The van der Waals surface area contributed by atoms with E-state index in [0.29, 0.717) is 0 Å². The summed E-state index contributed by atoms with van der Waals surface area (Å²) in [6.45, 7) is 3.92. The Kier molecular flexibility index (Phi) is 4.09. The lowest BCUT2D eigenvalue weighted by molar-refractivity contribution is 0.777. The van der Waals surface area contributed by atoms with E-state index in [1.165, 1.54) is 5.56 Å². The zero-order valence-corrected chi connectivity index (χ0v) is 12.1. The molecule has 94 valence electrons. The summed E-state index contributed by atoms with van der Waals surface area (Å²) >= 11 is 3.42. The minimum Gasteiger partial charge on any atom is -0.324 e. The summed E-state index contributed by atoms with van der Waals surface area (Å²) < 4.78 is 1.08. The van der Waals surface area contributed by atoms with E-state index in [2.05, 4.69) is 38.0 Å². The van der Waals surface area contributed by atoms with Gasteiger partial charge in [0.2, 0.25) is 0 Å². The maximum absolute atomic E-state index is 5.85.